The van der Waals surface area contributed by atoms with Gasteiger partial charge < -0.3 is 20.9 Å². The molecule has 4 N–H and O–H groups in total. The number of phenolic OH excluding ortho intramolecular Hbond substituents is 1. The summed E-state index contributed by atoms with van der Waals surface area (Å²) in [5.41, 5.74) is 6.63. The van der Waals surface area contributed by atoms with E-state index in [1.807, 2.05) is 6.26 Å². The number of benzene rings is 2. The number of thioether (sulfide) groups is 1. The molecule has 0 unspecified atom stereocenters. The lowest BCUT2D eigenvalue weighted by Gasteiger charge is -2.13. The van der Waals surface area contributed by atoms with Crippen LogP contribution in [0.5, 0.6) is 5.75 Å². The number of ether oxygens (including phenoxy) is 1. The van der Waals surface area contributed by atoms with E-state index in [0.717, 1.165) is 5.75 Å². The Labute approximate surface area is 144 Å². The molecule has 0 aliphatic heterocycles. The first-order valence-electron chi connectivity index (χ1n) is 7.36. The smallest absolute Gasteiger partial charge is 0.338 e. The molecule has 7 heteroatoms. The number of amides is 1. The highest BCUT2D eigenvalue weighted by molar-refractivity contribution is 7.98. The lowest BCUT2D eigenvalue weighted by molar-refractivity contribution is -0.117. The van der Waals surface area contributed by atoms with Crippen LogP contribution in [0.3, 0.4) is 0 Å². The van der Waals surface area contributed by atoms with Crippen molar-refractivity contribution < 1.29 is 19.4 Å². The third kappa shape index (κ3) is 4.18. The summed E-state index contributed by atoms with van der Waals surface area (Å²) in [6.45, 7) is 0. The van der Waals surface area contributed by atoms with Crippen LogP contribution in [0.2, 0.25) is 0 Å². The lowest BCUT2D eigenvalue weighted by atomic mass is 10.0. The van der Waals surface area contributed by atoms with Gasteiger partial charge in [0.1, 0.15) is 5.75 Å². The van der Waals surface area contributed by atoms with Crippen molar-refractivity contribution in [3.63, 3.8) is 0 Å². The number of nitrogens with one attached hydrogen (secondary N) is 1. The van der Waals surface area contributed by atoms with E-state index in [2.05, 4.69) is 10.1 Å². The summed E-state index contributed by atoms with van der Waals surface area (Å²) >= 11 is 1.63. The Hall–Kier alpha value is -2.25. The molecule has 0 radical (unpaired) electrons. The number of hydrogen-bond donors (Lipinski definition) is 3. The molecule has 0 aliphatic carbocycles. The lowest BCUT2D eigenvalue weighted by Crippen LogP contribution is -2.36. The molecular formula is C17H20N2O4S. The number of hydrogen-bond acceptors (Lipinski definition) is 6. The maximum Gasteiger partial charge on any atom is 0.338 e. The third-order valence-electron chi connectivity index (χ3n) is 3.59. The summed E-state index contributed by atoms with van der Waals surface area (Å²) in [6, 6.07) is 7.43. The van der Waals surface area contributed by atoms with Crippen LogP contribution in [0.1, 0.15) is 16.8 Å². The van der Waals surface area contributed by atoms with E-state index in [0.29, 0.717) is 22.9 Å². The fourth-order valence-corrected chi connectivity index (χ4v) is 2.75. The number of methoxy groups -OCH3 is 1. The van der Waals surface area contributed by atoms with Crippen LogP contribution in [0, 0.1) is 0 Å². The Morgan fingerprint density at radius 2 is 2.08 bits per heavy atom. The summed E-state index contributed by atoms with van der Waals surface area (Å²) in [7, 11) is 1.28. The molecule has 2 aromatic rings. The number of esters is 1. The zero-order valence-corrected chi connectivity index (χ0v) is 14.4. The van der Waals surface area contributed by atoms with Crippen molar-refractivity contribution in [2.45, 2.75) is 12.5 Å². The maximum absolute atomic E-state index is 12.1. The quantitative estimate of drug-likeness (QED) is 0.693. The summed E-state index contributed by atoms with van der Waals surface area (Å²) in [4.78, 5) is 23.6. The second kappa shape index (κ2) is 8.03. The molecule has 1 atom stereocenters. The zero-order valence-electron chi connectivity index (χ0n) is 13.5. The van der Waals surface area contributed by atoms with E-state index in [4.69, 9.17) is 5.73 Å². The molecule has 0 saturated heterocycles. The van der Waals surface area contributed by atoms with Gasteiger partial charge >= 0.3 is 5.97 Å². The van der Waals surface area contributed by atoms with Crippen LogP contribution in [-0.4, -0.2) is 42.1 Å². The van der Waals surface area contributed by atoms with E-state index < -0.39 is 12.0 Å². The number of carbonyl (C=O) groups is 2. The molecule has 0 fully saturated rings. The fraction of sp³-hybridized carbons (Fsp3) is 0.294. The average Bonchev–Trinajstić information content (AvgIpc) is 2.59. The second-order valence-electron chi connectivity index (χ2n) is 5.30. The molecule has 6 nitrogen and oxygen atoms in total. The van der Waals surface area contributed by atoms with E-state index in [1.165, 1.54) is 13.2 Å². The van der Waals surface area contributed by atoms with Crippen molar-refractivity contribution in [3.05, 3.63) is 35.9 Å². The minimum Gasteiger partial charge on any atom is -0.507 e. The minimum absolute atomic E-state index is 0.0596. The number of phenols is 1. The molecule has 0 saturated carbocycles. The molecule has 0 bridgehead atoms. The van der Waals surface area contributed by atoms with Gasteiger partial charge in [0.15, 0.2) is 0 Å². The van der Waals surface area contributed by atoms with Gasteiger partial charge in [0.25, 0.3) is 0 Å². The van der Waals surface area contributed by atoms with Gasteiger partial charge in [0.2, 0.25) is 5.91 Å². The van der Waals surface area contributed by atoms with Crippen molar-refractivity contribution in [2.75, 3.05) is 24.4 Å². The average molecular weight is 348 g/mol. The Bertz CT molecular complexity index is 764. The summed E-state index contributed by atoms with van der Waals surface area (Å²) in [6.07, 6.45) is 2.55. The van der Waals surface area contributed by atoms with Crippen molar-refractivity contribution in [1.82, 2.24) is 0 Å². The van der Waals surface area contributed by atoms with Crippen molar-refractivity contribution in [2.24, 2.45) is 5.73 Å². The largest absolute Gasteiger partial charge is 0.507 e. The highest BCUT2D eigenvalue weighted by Gasteiger charge is 2.14. The van der Waals surface area contributed by atoms with Crippen LogP contribution < -0.4 is 11.1 Å². The van der Waals surface area contributed by atoms with Gasteiger partial charge in [-0.25, -0.2) is 4.79 Å². The Balaban J connectivity index is 2.24. The Morgan fingerprint density at radius 3 is 2.75 bits per heavy atom. The number of rotatable bonds is 6. The number of carbonyl (C=O) groups excluding carboxylic acids is 2. The van der Waals surface area contributed by atoms with Crippen LogP contribution in [-0.2, 0) is 9.53 Å². The van der Waals surface area contributed by atoms with Crippen LogP contribution in [0.15, 0.2) is 30.3 Å². The predicted molar refractivity (Wildman–Crippen MR) is 96.6 cm³/mol. The molecule has 0 heterocycles. The van der Waals surface area contributed by atoms with Gasteiger partial charge in [-0.2, -0.15) is 11.8 Å². The molecule has 2 rings (SSSR count). The van der Waals surface area contributed by atoms with Gasteiger partial charge in [-0.1, -0.05) is 6.07 Å². The number of aromatic hydroxyl groups is 1. The molecule has 128 valence electrons. The first kappa shape index (κ1) is 18.1. The Kier molecular flexibility index (Phi) is 6.05. The van der Waals surface area contributed by atoms with Crippen molar-refractivity contribution in [3.8, 4) is 5.75 Å². The minimum atomic E-state index is -0.580. The van der Waals surface area contributed by atoms with Crippen LogP contribution in [0.25, 0.3) is 10.8 Å². The highest BCUT2D eigenvalue weighted by atomic mass is 32.2. The SMILES string of the molecule is COC(=O)c1cc(O)c2cc(NC(=O)[C@@H](N)CCSC)ccc2c1. The molecule has 0 spiro atoms. The van der Waals surface area contributed by atoms with Crippen molar-refractivity contribution in [1.29, 1.82) is 0 Å². The Morgan fingerprint density at radius 1 is 1.33 bits per heavy atom. The van der Waals surface area contributed by atoms with E-state index >= 15 is 0 Å². The predicted octanol–water partition coefficient (Wildman–Crippen LogP) is 2.35. The van der Waals surface area contributed by atoms with Gasteiger partial charge in [-0.3, -0.25) is 4.79 Å². The number of nitrogens with two attached hydrogens (primary N) is 1. The highest BCUT2D eigenvalue weighted by Crippen LogP contribution is 2.29. The molecule has 24 heavy (non-hydrogen) atoms. The first-order valence-corrected chi connectivity index (χ1v) is 8.76. The van der Waals surface area contributed by atoms with Crippen molar-refractivity contribution >= 4 is 40.1 Å². The molecule has 0 aliphatic rings. The summed E-state index contributed by atoms with van der Waals surface area (Å²) < 4.78 is 4.65. The molecular weight excluding hydrogens is 328 g/mol. The summed E-state index contributed by atoms with van der Waals surface area (Å²) in [5.74, 6) is -0.0438. The monoisotopic (exact) mass is 348 g/mol. The first-order chi connectivity index (χ1) is 11.5. The second-order valence-corrected chi connectivity index (χ2v) is 6.29. The molecule has 1 amide bonds. The van der Waals surface area contributed by atoms with Gasteiger partial charge in [0.05, 0.1) is 18.7 Å². The fourth-order valence-electron chi connectivity index (χ4n) is 2.26. The standard InChI is InChI=1S/C17H20N2O4S/c1-23-17(22)11-7-10-3-4-12(9-13(10)15(20)8-11)19-16(21)14(18)5-6-24-2/h3-4,7-9,14,20H,5-6,18H2,1-2H3,(H,19,21)/t14-/m0/s1. The van der Waals surface area contributed by atoms with E-state index in [1.54, 1.807) is 36.0 Å². The molecule has 2 aromatic carbocycles. The number of fused-ring (bicyclic) bond motifs is 1. The van der Waals surface area contributed by atoms with Gasteiger partial charge in [-0.15, -0.1) is 0 Å². The van der Waals surface area contributed by atoms with Gasteiger partial charge in [0, 0.05) is 11.1 Å². The van der Waals surface area contributed by atoms with Crippen LogP contribution >= 0.6 is 11.8 Å². The van der Waals surface area contributed by atoms with E-state index in [9.17, 15) is 14.7 Å². The normalized spacial score (nSPS) is 12.0. The summed E-state index contributed by atoms with van der Waals surface area (Å²) in [5, 5.41) is 14.1. The topological polar surface area (TPSA) is 102 Å². The zero-order chi connectivity index (χ0) is 17.7. The maximum atomic E-state index is 12.1. The van der Waals surface area contributed by atoms with Crippen LogP contribution in [0.4, 0.5) is 5.69 Å². The van der Waals surface area contributed by atoms with Gasteiger partial charge in [-0.05, 0) is 48.1 Å². The molecule has 0 aromatic heterocycles. The number of anilines is 1. The van der Waals surface area contributed by atoms with E-state index in [-0.39, 0.29) is 17.2 Å². The third-order valence-corrected chi connectivity index (χ3v) is 4.23.